The number of benzene rings is 2. The molecular formula is C25H25NO6S. The Labute approximate surface area is 195 Å². The molecule has 0 heterocycles. The van der Waals surface area contributed by atoms with E-state index in [2.05, 4.69) is 4.74 Å². The van der Waals surface area contributed by atoms with Gasteiger partial charge < -0.3 is 14.2 Å². The fourth-order valence-electron chi connectivity index (χ4n) is 3.71. The van der Waals surface area contributed by atoms with Gasteiger partial charge in [0.05, 0.1) is 23.8 Å². The molecule has 3 rings (SSSR count). The second-order valence-electron chi connectivity index (χ2n) is 8.24. The van der Waals surface area contributed by atoms with Crippen molar-refractivity contribution in [2.24, 2.45) is 17.3 Å². The number of nitrogens with zero attached hydrogens (tertiary/aromatic N) is 1. The number of methoxy groups -OCH3 is 1. The van der Waals surface area contributed by atoms with Gasteiger partial charge in [-0.15, -0.1) is 0 Å². The maximum absolute atomic E-state index is 12.9. The number of allylic oxidation sites excluding steroid dienone is 1. The van der Waals surface area contributed by atoms with Crippen LogP contribution in [0.4, 0.5) is 0 Å². The van der Waals surface area contributed by atoms with Gasteiger partial charge in [0.15, 0.2) is 0 Å². The van der Waals surface area contributed by atoms with E-state index in [4.69, 9.17) is 9.47 Å². The van der Waals surface area contributed by atoms with E-state index in [9.17, 15) is 19.1 Å². The van der Waals surface area contributed by atoms with Crippen molar-refractivity contribution in [3.8, 4) is 17.6 Å². The standard InChI is InChI=1S/C25H25NO6S/c1-25(2)19(14-21(33(4)29)23(27)30-3)22(25)24(28)32-20(15-26)16-9-8-12-18(13-16)31-17-10-6-5-7-11-17/h5-14,19-20,22H,1-4H3/t19-,20?,22-,33-/m0/s1. The quantitative estimate of drug-likeness (QED) is 0.421. The Hall–Kier alpha value is -3.44. The predicted molar refractivity (Wildman–Crippen MR) is 122 cm³/mol. The van der Waals surface area contributed by atoms with Crippen LogP contribution in [0.15, 0.2) is 65.6 Å². The highest BCUT2D eigenvalue weighted by Gasteiger charge is 2.62. The molecule has 172 valence electrons. The highest BCUT2D eigenvalue weighted by Crippen LogP contribution is 2.60. The van der Waals surface area contributed by atoms with Crippen LogP contribution >= 0.6 is 0 Å². The summed E-state index contributed by atoms with van der Waals surface area (Å²) in [7, 11) is -0.360. The van der Waals surface area contributed by atoms with E-state index in [1.54, 1.807) is 24.3 Å². The third-order valence-corrected chi connectivity index (χ3v) is 6.60. The number of nitriles is 1. The zero-order chi connectivity index (χ0) is 24.2. The summed E-state index contributed by atoms with van der Waals surface area (Å²) < 4.78 is 28.0. The lowest BCUT2D eigenvalue weighted by Gasteiger charge is -2.13. The minimum Gasteiger partial charge on any atom is -0.465 e. The normalized spacial score (nSPS) is 20.6. The van der Waals surface area contributed by atoms with E-state index in [0.29, 0.717) is 17.1 Å². The molecule has 4 atom stereocenters. The molecule has 7 nitrogen and oxygen atoms in total. The summed E-state index contributed by atoms with van der Waals surface area (Å²) in [6.45, 7) is 3.70. The average Bonchev–Trinajstić information content (AvgIpc) is 3.35. The molecule has 1 unspecified atom stereocenters. The Morgan fingerprint density at radius 1 is 1.12 bits per heavy atom. The molecule has 2 aromatic rings. The highest BCUT2D eigenvalue weighted by molar-refractivity contribution is 7.89. The number of rotatable bonds is 8. The molecule has 2 aromatic carbocycles. The number of para-hydroxylation sites is 1. The van der Waals surface area contributed by atoms with Crippen LogP contribution in [0.25, 0.3) is 0 Å². The van der Waals surface area contributed by atoms with Crippen molar-refractivity contribution in [1.82, 2.24) is 0 Å². The van der Waals surface area contributed by atoms with Gasteiger partial charge in [0.25, 0.3) is 0 Å². The van der Waals surface area contributed by atoms with Crippen molar-refractivity contribution in [3.05, 3.63) is 71.1 Å². The van der Waals surface area contributed by atoms with Crippen molar-refractivity contribution >= 4 is 22.7 Å². The summed E-state index contributed by atoms with van der Waals surface area (Å²) in [4.78, 5) is 24.8. The molecule has 0 radical (unpaired) electrons. The maximum Gasteiger partial charge on any atom is 0.346 e. The second kappa shape index (κ2) is 10.0. The molecule has 8 heteroatoms. The van der Waals surface area contributed by atoms with Crippen LogP contribution in [0.2, 0.25) is 0 Å². The molecule has 0 saturated heterocycles. The van der Waals surface area contributed by atoms with Gasteiger partial charge in [0.1, 0.15) is 22.5 Å². The Morgan fingerprint density at radius 3 is 2.39 bits per heavy atom. The van der Waals surface area contributed by atoms with Gasteiger partial charge in [-0.3, -0.25) is 9.00 Å². The Balaban J connectivity index is 1.75. The fraction of sp³-hybridized carbons (Fsp3) is 0.320. The maximum atomic E-state index is 12.9. The van der Waals surface area contributed by atoms with Gasteiger partial charge in [-0.05, 0) is 35.6 Å². The van der Waals surface area contributed by atoms with E-state index in [-0.39, 0.29) is 10.8 Å². The third kappa shape index (κ3) is 5.49. The number of hydrogen-bond acceptors (Lipinski definition) is 7. The molecule has 0 aromatic heterocycles. The lowest BCUT2D eigenvalue weighted by molar-refractivity contribution is -0.149. The summed E-state index contributed by atoms with van der Waals surface area (Å²) in [5.41, 5.74) is -0.0386. The molecule has 0 bridgehead atoms. The van der Waals surface area contributed by atoms with Crippen LogP contribution < -0.4 is 4.74 Å². The number of hydrogen-bond donors (Lipinski definition) is 0. The predicted octanol–water partition coefficient (Wildman–Crippen LogP) is 4.29. The van der Waals surface area contributed by atoms with Gasteiger partial charge in [-0.2, -0.15) is 5.26 Å². The van der Waals surface area contributed by atoms with E-state index in [1.807, 2.05) is 50.2 Å². The third-order valence-electron chi connectivity index (χ3n) is 5.68. The minimum absolute atomic E-state index is 0.00784. The summed E-state index contributed by atoms with van der Waals surface area (Å²) in [6, 6.07) is 18.0. The van der Waals surface area contributed by atoms with Crippen LogP contribution in [-0.4, -0.2) is 29.5 Å². The average molecular weight is 468 g/mol. The fourth-order valence-corrected chi connectivity index (χ4v) is 4.36. The first-order valence-electron chi connectivity index (χ1n) is 10.3. The van der Waals surface area contributed by atoms with E-state index in [0.717, 1.165) is 0 Å². The van der Waals surface area contributed by atoms with E-state index >= 15 is 0 Å². The molecular weight excluding hydrogens is 442 g/mol. The number of carbonyl (C=O) groups is 2. The van der Waals surface area contributed by atoms with Crippen molar-refractivity contribution in [1.29, 1.82) is 5.26 Å². The van der Waals surface area contributed by atoms with Gasteiger partial charge in [-0.25, -0.2) is 4.79 Å². The first kappa shape index (κ1) is 24.2. The van der Waals surface area contributed by atoms with Gasteiger partial charge in [0.2, 0.25) is 6.10 Å². The summed E-state index contributed by atoms with van der Waals surface area (Å²) in [6.07, 6.45) is 1.77. The highest BCUT2D eigenvalue weighted by atomic mass is 32.2. The summed E-state index contributed by atoms with van der Waals surface area (Å²) in [5, 5.41) is 9.65. The summed E-state index contributed by atoms with van der Waals surface area (Å²) >= 11 is 0. The first-order valence-corrected chi connectivity index (χ1v) is 11.8. The van der Waals surface area contributed by atoms with Crippen molar-refractivity contribution in [3.63, 3.8) is 0 Å². The SMILES string of the molecule is COC(=O)C(=C[C@H]1[C@@H](C(=O)OC(C#N)c2cccc(Oc3ccccc3)c2)C1(C)C)[S@](C)=O. The Morgan fingerprint density at radius 2 is 1.79 bits per heavy atom. The molecule has 1 aliphatic rings. The van der Waals surface area contributed by atoms with E-state index < -0.39 is 40.2 Å². The molecule has 33 heavy (non-hydrogen) atoms. The molecule has 1 fully saturated rings. The molecule has 0 spiro atoms. The molecule has 1 aliphatic carbocycles. The number of esters is 2. The van der Waals surface area contributed by atoms with E-state index in [1.165, 1.54) is 19.4 Å². The van der Waals surface area contributed by atoms with Crippen molar-refractivity contribution < 1.29 is 28.0 Å². The second-order valence-corrected chi connectivity index (χ2v) is 9.58. The zero-order valence-electron chi connectivity index (χ0n) is 18.8. The Bertz CT molecular complexity index is 1140. The molecule has 0 aliphatic heterocycles. The smallest absolute Gasteiger partial charge is 0.346 e. The van der Waals surface area contributed by atoms with Crippen LogP contribution in [-0.2, 0) is 29.9 Å². The largest absolute Gasteiger partial charge is 0.465 e. The van der Waals surface area contributed by atoms with Crippen LogP contribution in [0, 0.1) is 28.6 Å². The minimum atomic E-state index is -1.57. The topological polar surface area (TPSA) is 103 Å². The van der Waals surface area contributed by atoms with Crippen LogP contribution in [0.5, 0.6) is 11.5 Å². The monoisotopic (exact) mass is 467 g/mol. The van der Waals surface area contributed by atoms with Gasteiger partial charge in [-0.1, -0.05) is 50.3 Å². The lowest BCUT2D eigenvalue weighted by atomic mass is 10.1. The van der Waals surface area contributed by atoms with Crippen molar-refractivity contribution in [2.75, 3.05) is 13.4 Å². The summed E-state index contributed by atoms with van der Waals surface area (Å²) in [5.74, 6) is -1.06. The lowest BCUT2D eigenvalue weighted by Crippen LogP contribution is -2.15. The number of ether oxygens (including phenoxy) is 3. The Kier molecular flexibility index (Phi) is 7.34. The first-order chi connectivity index (χ1) is 15.7. The van der Waals surface area contributed by atoms with Gasteiger partial charge in [0, 0.05) is 11.8 Å². The van der Waals surface area contributed by atoms with Crippen LogP contribution in [0.1, 0.15) is 25.5 Å². The van der Waals surface area contributed by atoms with Gasteiger partial charge >= 0.3 is 11.9 Å². The number of carbonyl (C=O) groups excluding carboxylic acids is 2. The molecule has 0 N–H and O–H groups in total. The zero-order valence-corrected chi connectivity index (χ0v) is 19.6. The molecule has 0 amide bonds. The van der Waals surface area contributed by atoms with Crippen LogP contribution in [0.3, 0.4) is 0 Å². The molecule has 1 saturated carbocycles. The van der Waals surface area contributed by atoms with Crippen molar-refractivity contribution in [2.45, 2.75) is 20.0 Å².